The third-order valence-corrected chi connectivity index (χ3v) is 15.9. The molecule has 0 heterocycles. The molecule has 162 valence electrons. The quantitative estimate of drug-likeness (QED) is 0.189. The predicted octanol–water partition coefficient (Wildman–Crippen LogP) is 7.52. The molecule has 32 heavy (non-hydrogen) atoms. The van der Waals surface area contributed by atoms with E-state index < -0.39 is 21.3 Å². The molecule has 0 aliphatic heterocycles. The standard InChI is InChI=1S/C10H13.3C6H6O.Hf/c1-10(2,3)9-7-5-4-6-8-9;3*7-6-4-2-1-3-5-6;/h4-8H,1H2,2-3H3;3*1-5,7H;/q;;;;+3/p-3. The van der Waals surface area contributed by atoms with Crippen LogP contribution in [0.2, 0.25) is 4.18 Å². The van der Waals surface area contributed by atoms with E-state index in [-0.39, 0.29) is 5.41 Å². The van der Waals surface area contributed by atoms with E-state index in [0.717, 1.165) is 17.2 Å². The molecule has 0 saturated carbocycles. The zero-order valence-corrected chi connectivity index (χ0v) is 22.1. The summed E-state index contributed by atoms with van der Waals surface area (Å²) >= 11 is -4.50. The topological polar surface area (TPSA) is 27.7 Å². The van der Waals surface area contributed by atoms with Crippen molar-refractivity contribution in [3.63, 3.8) is 0 Å². The molecule has 0 radical (unpaired) electrons. The number of hydrogen-bond acceptors (Lipinski definition) is 3. The van der Waals surface area contributed by atoms with Crippen LogP contribution in [-0.4, -0.2) is 0 Å². The summed E-state index contributed by atoms with van der Waals surface area (Å²) in [6, 6.07) is 40.1. The van der Waals surface area contributed by atoms with Gasteiger partial charge in [-0.15, -0.1) is 0 Å². The van der Waals surface area contributed by atoms with Crippen molar-refractivity contribution in [1.29, 1.82) is 0 Å². The van der Waals surface area contributed by atoms with Gasteiger partial charge in [-0.2, -0.15) is 0 Å². The van der Waals surface area contributed by atoms with Crippen LogP contribution in [-0.2, 0) is 26.7 Å². The molecule has 0 atom stereocenters. The molecule has 0 N–H and O–H groups in total. The molecular formula is C28H28HfO3. The van der Waals surface area contributed by atoms with Crippen molar-refractivity contribution in [2.75, 3.05) is 0 Å². The first-order valence-corrected chi connectivity index (χ1v) is 17.8. The minimum atomic E-state index is -4.50. The molecule has 4 rings (SSSR count). The Bertz CT molecular complexity index is 983. The first kappa shape index (κ1) is 22.3. The van der Waals surface area contributed by atoms with Crippen molar-refractivity contribution in [2.45, 2.75) is 23.4 Å². The van der Waals surface area contributed by atoms with Crippen LogP contribution >= 0.6 is 0 Å². The van der Waals surface area contributed by atoms with Gasteiger partial charge in [0.1, 0.15) is 0 Å². The molecule has 4 aromatic carbocycles. The molecule has 0 unspecified atom stereocenters. The fraction of sp³-hybridized carbons (Fsp3) is 0.143. The number of rotatable bonds is 9. The van der Waals surface area contributed by atoms with Crippen molar-refractivity contribution in [3.05, 3.63) is 127 Å². The van der Waals surface area contributed by atoms with Gasteiger partial charge in [-0.25, -0.2) is 0 Å². The van der Waals surface area contributed by atoms with E-state index in [2.05, 4.69) is 38.1 Å². The van der Waals surface area contributed by atoms with E-state index in [1.165, 1.54) is 5.56 Å². The molecular weight excluding hydrogens is 563 g/mol. The van der Waals surface area contributed by atoms with Gasteiger partial charge in [-0.3, -0.25) is 0 Å². The number of benzene rings is 4. The van der Waals surface area contributed by atoms with Gasteiger partial charge >= 0.3 is 197 Å². The van der Waals surface area contributed by atoms with Crippen LogP contribution in [0.1, 0.15) is 19.4 Å². The number of hydrogen-bond donors (Lipinski definition) is 0. The third-order valence-electron chi connectivity index (χ3n) is 5.26. The van der Waals surface area contributed by atoms with E-state index in [0.29, 0.717) is 4.18 Å². The molecule has 3 nitrogen and oxygen atoms in total. The van der Waals surface area contributed by atoms with Gasteiger partial charge < -0.3 is 0 Å². The third kappa shape index (κ3) is 5.89. The Morgan fingerprint density at radius 1 is 0.500 bits per heavy atom. The fourth-order valence-corrected chi connectivity index (χ4v) is 14.9. The van der Waals surface area contributed by atoms with E-state index in [4.69, 9.17) is 8.56 Å². The Balaban J connectivity index is 1.78. The Labute approximate surface area is 196 Å². The van der Waals surface area contributed by atoms with E-state index in [9.17, 15) is 0 Å². The van der Waals surface area contributed by atoms with Crippen LogP contribution in [0, 0.1) is 0 Å². The summed E-state index contributed by atoms with van der Waals surface area (Å²) in [6.07, 6.45) is 0. The van der Waals surface area contributed by atoms with Crippen LogP contribution in [0.3, 0.4) is 0 Å². The first-order valence-electron chi connectivity index (χ1n) is 10.8. The summed E-state index contributed by atoms with van der Waals surface area (Å²) in [4.78, 5) is 0. The van der Waals surface area contributed by atoms with Gasteiger partial charge in [0.05, 0.1) is 0 Å². The molecule has 0 aromatic heterocycles. The predicted molar refractivity (Wildman–Crippen MR) is 125 cm³/mol. The zero-order chi connectivity index (χ0) is 22.3. The molecule has 0 bridgehead atoms. The van der Waals surface area contributed by atoms with Gasteiger partial charge in [0.25, 0.3) is 0 Å². The summed E-state index contributed by atoms with van der Waals surface area (Å²) in [7, 11) is 0. The second-order valence-corrected chi connectivity index (χ2v) is 16.7. The van der Waals surface area contributed by atoms with E-state index >= 15 is 0 Å². The summed E-state index contributed by atoms with van der Waals surface area (Å²) < 4.78 is 20.9. The summed E-state index contributed by atoms with van der Waals surface area (Å²) in [6.45, 7) is 4.46. The van der Waals surface area contributed by atoms with Crippen LogP contribution < -0.4 is 8.56 Å². The Morgan fingerprint density at radius 3 is 1.16 bits per heavy atom. The monoisotopic (exact) mass is 592 g/mol. The van der Waals surface area contributed by atoms with Crippen molar-refractivity contribution in [1.82, 2.24) is 0 Å². The Kier molecular flexibility index (Phi) is 7.11. The molecule has 0 saturated heterocycles. The maximum atomic E-state index is 6.75. The van der Waals surface area contributed by atoms with Crippen molar-refractivity contribution in [3.8, 4) is 17.2 Å². The van der Waals surface area contributed by atoms with Gasteiger partial charge in [0.2, 0.25) is 0 Å². The van der Waals surface area contributed by atoms with Crippen molar-refractivity contribution in [2.24, 2.45) is 0 Å². The maximum absolute atomic E-state index is 6.75. The van der Waals surface area contributed by atoms with Gasteiger partial charge in [-0.1, -0.05) is 0 Å². The van der Waals surface area contributed by atoms with Crippen molar-refractivity contribution < 1.29 is 29.8 Å². The second kappa shape index (κ2) is 10.2. The molecule has 0 fully saturated rings. The fourth-order valence-electron chi connectivity index (χ4n) is 3.71. The van der Waals surface area contributed by atoms with Crippen LogP contribution in [0.4, 0.5) is 0 Å². The zero-order valence-electron chi connectivity index (χ0n) is 18.5. The van der Waals surface area contributed by atoms with Gasteiger partial charge in [0, 0.05) is 0 Å². The van der Waals surface area contributed by atoms with Gasteiger partial charge in [-0.05, 0) is 0 Å². The van der Waals surface area contributed by atoms with Crippen LogP contribution in [0.25, 0.3) is 0 Å². The molecule has 0 aliphatic rings. The summed E-state index contributed by atoms with van der Waals surface area (Å²) in [5, 5.41) is 0. The van der Waals surface area contributed by atoms with Crippen LogP contribution in [0.5, 0.6) is 17.2 Å². The summed E-state index contributed by atoms with van der Waals surface area (Å²) in [5.74, 6) is 2.31. The SMILES string of the molecule is CC(C)([CH2][Hf]([O]c1ccccc1)([O]c1ccccc1)[O]c1ccccc1)c1ccccc1. The molecule has 4 aromatic rings. The van der Waals surface area contributed by atoms with E-state index in [1.54, 1.807) is 0 Å². The normalized spacial score (nSPS) is 11.6. The molecule has 0 amide bonds. The summed E-state index contributed by atoms with van der Waals surface area (Å²) in [5.41, 5.74) is 1.02. The average Bonchev–Trinajstić information content (AvgIpc) is 2.81. The Hall–Kier alpha value is -2.85. The van der Waals surface area contributed by atoms with Crippen LogP contribution in [0.15, 0.2) is 121 Å². The van der Waals surface area contributed by atoms with E-state index in [1.807, 2.05) is 97.1 Å². The van der Waals surface area contributed by atoms with Gasteiger partial charge in [0.15, 0.2) is 0 Å². The first-order chi connectivity index (χ1) is 15.5. The molecule has 4 heteroatoms. The average molecular weight is 591 g/mol. The molecule has 0 aliphatic carbocycles. The Morgan fingerprint density at radius 2 is 0.812 bits per heavy atom. The second-order valence-electron chi connectivity index (χ2n) is 8.36. The number of para-hydroxylation sites is 3. The van der Waals surface area contributed by atoms with Crippen molar-refractivity contribution >= 4 is 0 Å². The molecule has 0 spiro atoms. The minimum absolute atomic E-state index is 0.207.